The lowest BCUT2D eigenvalue weighted by Gasteiger charge is -2.39. The number of para-hydroxylation sites is 1. The molecule has 1 aliphatic rings. The van der Waals surface area contributed by atoms with Gasteiger partial charge >= 0.3 is 0 Å². The summed E-state index contributed by atoms with van der Waals surface area (Å²) in [5.74, 6) is -0.776. The third-order valence-corrected chi connectivity index (χ3v) is 7.09. The molecule has 3 aromatic carbocycles. The molecule has 2 heterocycles. The van der Waals surface area contributed by atoms with E-state index in [1.165, 1.54) is 0 Å². The van der Waals surface area contributed by atoms with Crippen LogP contribution in [0.4, 0.5) is 5.69 Å². The lowest BCUT2D eigenvalue weighted by atomic mass is 9.81. The molecule has 166 valence electrons. The van der Waals surface area contributed by atoms with Crippen molar-refractivity contribution in [2.75, 3.05) is 12.4 Å². The number of carbonyl (C=O) groups is 2. The highest BCUT2D eigenvalue weighted by molar-refractivity contribution is 9.10. The Labute approximate surface area is 201 Å². The molecule has 0 saturated carbocycles. The Balaban J connectivity index is 1.66. The Hall–Kier alpha value is -3.38. The molecular weight excluding hydrogens is 478 g/mol. The minimum Gasteiger partial charge on any atom is -0.346 e. The van der Waals surface area contributed by atoms with Crippen molar-refractivity contribution in [3.63, 3.8) is 0 Å². The number of rotatable bonds is 3. The fourth-order valence-electron chi connectivity index (χ4n) is 4.90. The first-order valence-electron chi connectivity index (χ1n) is 10.8. The van der Waals surface area contributed by atoms with Gasteiger partial charge in [0.05, 0.1) is 12.0 Å². The van der Waals surface area contributed by atoms with E-state index >= 15 is 0 Å². The van der Waals surface area contributed by atoms with E-state index in [0.29, 0.717) is 5.56 Å². The van der Waals surface area contributed by atoms with Gasteiger partial charge in [-0.25, -0.2) is 0 Å². The van der Waals surface area contributed by atoms with E-state index in [1.54, 1.807) is 18.0 Å². The van der Waals surface area contributed by atoms with Crippen molar-refractivity contribution < 1.29 is 9.59 Å². The molecule has 0 saturated heterocycles. The van der Waals surface area contributed by atoms with E-state index in [0.717, 1.165) is 37.9 Å². The highest BCUT2D eigenvalue weighted by Crippen LogP contribution is 2.43. The molecule has 0 radical (unpaired) electrons. The van der Waals surface area contributed by atoms with Crippen molar-refractivity contribution in [1.82, 2.24) is 9.47 Å². The zero-order chi connectivity index (χ0) is 23.3. The van der Waals surface area contributed by atoms with Crippen LogP contribution in [0.15, 0.2) is 77.3 Å². The quantitative estimate of drug-likeness (QED) is 0.385. The Kier molecular flexibility index (Phi) is 5.33. The largest absolute Gasteiger partial charge is 0.346 e. The number of aromatic nitrogens is 1. The molecule has 1 aromatic heterocycles. The molecule has 0 fully saturated rings. The Morgan fingerprint density at radius 3 is 2.45 bits per heavy atom. The Morgan fingerprint density at radius 2 is 1.70 bits per heavy atom. The van der Waals surface area contributed by atoms with Crippen LogP contribution in [-0.2, 0) is 11.8 Å². The summed E-state index contributed by atoms with van der Waals surface area (Å²) < 4.78 is 3.04. The summed E-state index contributed by atoms with van der Waals surface area (Å²) in [5, 5.41) is 4.21. The summed E-state index contributed by atoms with van der Waals surface area (Å²) in [4.78, 5) is 28.9. The van der Waals surface area contributed by atoms with Gasteiger partial charge in [-0.1, -0.05) is 52.3 Å². The van der Waals surface area contributed by atoms with Gasteiger partial charge in [0, 0.05) is 41.0 Å². The van der Waals surface area contributed by atoms with E-state index in [1.807, 2.05) is 62.5 Å². The molecule has 2 amide bonds. The van der Waals surface area contributed by atoms with Crippen LogP contribution in [-0.4, -0.2) is 28.3 Å². The van der Waals surface area contributed by atoms with Crippen LogP contribution in [0.1, 0.15) is 39.1 Å². The lowest BCUT2D eigenvalue weighted by molar-refractivity contribution is -0.119. The van der Waals surface area contributed by atoms with Crippen LogP contribution in [0.3, 0.4) is 0 Å². The molecule has 2 atom stereocenters. The molecule has 0 aliphatic carbocycles. The Morgan fingerprint density at radius 1 is 0.970 bits per heavy atom. The number of aryl methyl sites for hydroxylation is 2. The molecule has 0 spiro atoms. The van der Waals surface area contributed by atoms with Gasteiger partial charge in [0.1, 0.15) is 0 Å². The molecule has 0 bridgehead atoms. The number of anilines is 1. The van der Waals surface area contributed by atoms with Gasteiger partial charge in [-0.05, 0) is 59.8 Å². The average molecular weight is 502 g/mol. The maximum atomic E-state index is 13.9. The predicted octanol–water partition coefficient (Wildman–Crippen LogP) is 5.80. The normalized spacial score (nSPS) is 17.8. The minimum absolute atomic E-state index is 0.0790. The molecule has 5 rings (SSSR count). The van der Waals surface area contributed by atoms with E-state index in [9.17, 15) is 9.59 Å². The van der Waals surface area contributed by atoms with Crippen molar-refractivity contribution in [3.8, 4) is 0 Å². The summed E-state index contributed by atoms with van der Waals surface area (Å²) in [7, 11) is 3.77. The number of hydrogen-bond donors (Lipinski definition) is 1. The first-order chi connectivity index (χ1) is 15.9. The van der Waals surface area contributed by atoms with Gasteiger partial charge in [-0.2, -0.15) is 0 Å². The molecule has 4 aromatic rings. The highest BCUT2D eigenvalue weighted by atomic mass is 79.9. The van der Waals surface area contributed by atoms with Gasteiger partial charge in [-0.3, -0.25) is 9.59 Å². The van der Waals surface area contributed by atoms with Gasteiger partial charge in [0.25, 0.3) is 5.91 Å². The van der Waals surface area contributed by atoms with Crippen molar-refractivity contribution in [2.24, 2.45) is 7.05 Å². The highest BCUT2D eigenvalue weighted by Gasteiger charge is 2.43. The molecule has 6 heteroatoms. The van der Waals surface area contributed by atoms with Gasteiger partial charge < -0.3 is 14.8 Å². The van der Waals surface area contributed by atoms with Crippen LogP contribution >= 0.6 is 15.9 Å². The van der Waals surface area contributed by atoms with Crippen molar-refractivity contribution >= 4 is 44.3 Å². The molecular formula is C27H24BrN3O2. The maximum Gasteiger partial charge on any atom is 0.254 e. The van der Waals surface area contributed by atoms with Crippen molar-refractivity contribution in [3.05, 3.63) is 99.7 Å². The number of halogens is 1. The zero-order valence-electron chi connectivity index (χ0n) is 18.7. The van der Waals surface area contributed by atoms with E-state index in [4.69, 9.17) is 0 Å². The second kappa shape index (κ2) is 8.19. The second-order valence-corrected chi connectivity index (χ2v) is 9.48. The average Bonchev–Trinajstić information content (AvgIpc) is 3.14. The Bertz CT molecular complexity index is 1410. The number of nitrogens with one attached hydrogen (secondary N) is 1. The number of fused-ring (bicyclic) bond motifs is 2. The standard InChI is InChI=1S/C27H24BrN3O2/c1-16-14-18(28)12-13-21(16)29-26(32)24-19-9-5-6-10-20(19)27(33)31(3)25(24)23-15-17-8-4-7-11-22(17)30(23)2/h4-15,24-25H,1-3H3,(H,29,32)/t24-,25+/m1/s1. The summed E-state index contributed by atoms with van der Waals surface area (Å²) in [6.07, 6.45) is 0. The molecule has 0 unspecified atom stereocenters. The summed E-state index contributed by atoms with van der Waals surface area (Å²) in [6, 6.07) is 23.0. The first kappa shape index (κ1) is 21.5. The summed E-state index contributed by atoms with van der Waals surface area (Å²) in [6.45, 7) is 1.96. The molecule has 1 N–H and O–H groups in total. The van der Waals surface area contributed by atoms with Crippen LogP contribution in [0.5, 0.6) is 0 Å². The van der Waals surface area contributed by atoms with Gasteiger partial charge in [0.2, 0.25) is 5.91 Å². The number of hydrogen-bond acceptors (Lipinski definition) is 2. The van der Waals surface area contributed by atoms with Gasteiger partial charge in [-0.15, -0.1) is 0 Å². The van der Waals surface area contributed by atoms with Crippen LogP contribution in [0, 0.1) is 6.92 Å². The number of benzene rings is 3. The number of nitrogens with zero attached hydrogens (tertiary/aromatic N) is 2. The number of amides is 2. The fourth-order valence-corrected chi connectivity index (χ4v) is 5.37. The maximum absolute atomic E-state index is 13.9. The summed E-state index contributed by atoms with van der Waals surface area (Å²) >= 11 is 3.48. The predicted molar refractivity (Wildman–Crippen MR) is 134 cm³/mol. The SMILES string of the molecule is Cc1cc(Br)ccc1NC(=O)[C@@H]1c2ccccc2C(=O)N(C)[C@H]1c1cc2ccccc2n1C. The fraction of sp³-hybridized carbons (Fsp3) is 0.185. The number of carbonyl (C=O) groups excluding carboxylic acids is 2. The van der Waals surface area contributed by atoms with Crippen molar-refractivity contribution in [1.29, 1.82) is 0 Å². The first-order valence-corrected chi connectivity index (χ1v) is 11.6. The summed E-state index contributed by atoms with van der Waals surface area (Å²) in [5.41, 5.74) is 5.04. The minimum atomic E-state index is -0.560. The van der Waals surface area contributed by atoms with Crippen LogP contribution < -0.4 is 5.32 Å². The van der Waals surface area contributed by atoms with E-state index in [-0.39, 0.29) is 11.8 Å². The van der Waals surface area contributed by atoms with Crippen LogP contribution in [0.25, 0.3) is 10.9 Å². The third-order valence-electron chi connectivity index (χ3n) is 6.60. The third kappa shape index (κ3) is 3.55. The smallest absolute Gasteiger partial charge is 0.254 e. The second-order valence-electron chi connectivity index (χ2n) is 8.56. The molecule has 5 nitrogen and oxygen atoms in total. The van der Waals surface area contributed by atoms with Crippen molar-refractivity contribution in [2.45, 2.75) is 18.9 Å². The monoisotopic (exact) mass is 501 g/mol. The molecule has 33 heavy (non-hydrogen) atoms. The topological polar surface area (TPSA) is 54.3 Å². The van der Waals surface area contributed by atoms with E-state index < -0.39 is 12.0 Å². The zero-order valence-corrected chi connectivity index (χ0v) is 20.3. The van der Waals surface area contributed by atoms with Crippen LogP contribution in [0.2, 0.25) is 0 Å². The van der Waals surface area contributed by atoms with E-state index in [2.05, 4.69) is 44.0 Å². The van der Waals surface area contributed by atoms with Gasteiger partial charge in [0.15, 0.2) is 0 Å². The number of likely N-dealkylation sites (N-methyl/N-ethyl adjacent to an activating group) is 1. The lowest BCUT2D eigenvalue weighted by Crippen LogP contribution is -2.44. The molecule has 1 aliphatic heterocycles.